The first-order chi connectivity index (χ1) is 22.2. The maximum atomic E-state index is 15.9. The number of halogens is 4. The number of nitrogen functional groups attached to an aromatic ring is 1. The summed E-state index contributed by atoms with van der Waals surface area (Å²) in [6.07, 6.45) is 2.83. The van der Waals surface area contributed by atoms with Gasteiger partial charge in [-0.05, 0) is 43.5 Å². The monoisotopic (exact) mass is 698 g/mol. The molecule has 2 unspecified atom stereocenters. The summed E-state index contributed by atoms with van der Waals surface area (Å²) in [7, 11) is 1.51. The van der Waals surface area contributed by atoms with Crippen LogP contribution in [0.2, 0.25) is 15.1 Å². The number of likely N-dealkylation sites (N-methyl/N-ethyl adjacent to an activating group) is 1. The van der Waals surface area contributed by atoms with Crippen molar-refractivity contribution in [1.29, 1.82) is 0 Å². The van der Waals surface area contributed by atoms with Gasteiger partial charge in [0.25, 0.3) is 5.91 Å². The number of amides is 2. The first kappa shape index (κ1) is 32.7. The number of fused-ring (bicyclic) bond motifs is 2. The van der Waals surface area contributed by atoms with E-state index in [9.17, 15) is 14.4 Å². The third-order valence-corrected chi connectivity index (χ3v) is 9.66. The number of nitrogens with two attached hydrogens (primary N) is 1. The lowest BCUT2D eigenvalue weighted by Gasteiger charge is -2.44. The van der Waals surface area contributed by atoms with E-state index in [0.717, 1.165) is 6.07 Å². The highest BCUT2D eigenvalue weighted by molar-refractivity contribution is 6.40. The fourth-order valence-electron chi connectivity index (χ4n) is 6.39. The number of rotatable bonds is 4. The molecule has 1 aromatic carbocycles. The zero-order valence-corrected chi connectivity index (χ0v) is 28.4. The lowest BCUT2D eigenvalue weighted by atomic mass is 10.0. The Morgan fingerprint density at radius 2 is 1.85 bits per heavy atom. The summed E-state index contributed by atoms with van der Waals surface area (Å²) < 4.78 is 17.2. The van der Waals surface area contributed by atoms with Gasteiger partial charge >= 0.3 is 5.69 Å². The van der Waals surface area contributed by atoms with Crippen LogP contribution in [0, 0.1) is 12.7 Å². The molecule has 47 heavy (non-hydrogen) atoms. The predicted molar refractivity (Wildman–Crippen MR) is 183 cm³/mol. The molecule has 1 saturated heterocycles. The van der Waals surface area contributed by atoms with Crippen LogP contribution in [0.3, 0.4) is 0 Å². The first-order valence-corrected chi connectivity index (χ1v) is 15.9. The Labute approximate surface area is 284 Å². The fraction of sp³-hybridized carbons (Fsp3) is 0.312. The molecule has 0 radical (unpaired) electrons. The fourth-order valence-corrected chi connectivity index (χ4v) is 7.21. The summed E-state index contributed by atoms with van der Waals surface area (Å²) >= 11 is 19.7. The molecule has 5 heterocycles. The van der Waals surface area contributed by atoms with Gasteiger partial charge in [-0.2, -0.15) is 4.98 Å². The number of carbonyl (C=O) groups is 2. The number of benzene rings is 1. The summed E-state index contributed by atoms with van der Waals surface area (Å²) in [5, 5.41) is -0.263. The van der Waals surface area contributed by atoms with Crippen LogP contribution in [0.25, 0.3) is 28.0 Å². The van der Waals surface area contributed by atoms with Crippen LogP contribution < -0.4 is 21.2 Å². The Hall–Kier alpha value is -4.26. The highest BCUT2D eigenvalue weighted by Gasteiger charge is 2.45. The van der Waals surface area contributed by atoms with Crippen LogP contribution in [-0.2, 0) is 9.59 Å². The smallest absolute Gasteiger partial charge is 0.355 e. The SMILES string of the molecule is C=CC(=O)N1CC2C(=O)N(C)c3c(Cl)c(-c4c(N)c(Cl)cc(Cl)c4F)nc4c3c(nc(=O)n4-c3c(C)ccnc3C(C)C)N2CC1C. The molecule has 2 N–H and O–H groups in total. The van der Waals surface area contributed by atoms with Crippen LogP contribution in [0.15, 0.2) is 35.8 Å². The minimum absolute atomic E-state index is 0.0158. The lowest BCUT2D eigenvalue weighted by Crippen LogP contribution is -2.63. The maximum Gasteiger partial charge on any atom is 0.355 e. The standard InChI is InChI=1S/C32H30Cl3FN8O3/c1-7-19(45)42-12-18-31(46)41(6)28-21-29(43(18)11-15(42)5)40-32(47)44(27-14(4)8-9-38-25(27)13(2)3)30(21)39-26(22(28)35)20-23(36)16(33)10-17(34)24(20)37/h7-10,13,15,18H,1,11-12,37H2,2-6H3. The number of nitrogens with zero attached hydrogens (tertiary/aromatic N) is 7. The van der Waals surface area contributed by atoms with Crippen molar-refractivity contribution in [3.63, 3.8) is 0 Å². The molecule has 2 amide bonds. The predicted octanol–water partition coefficient (Wildman–Crippen LogP) is 5.52. The van der Waals surface area contributed by atoms with Crippen molar-refractivity contribution in [3.8, 4) is 16.9 Å². The van der Waals surface area contributed by atoms with Crippen LogP contribution >= 0.6 is 34.8 Å². The van der Waals surface area contributed by atoms with E-state index in [0.29, 0.717) is 16.9 Å². The molecule has 3 aromatic heterocycles. The molecule has 0 saturated carbocycles. The van der Waals surface area contributed by atoms with Gasteiger partial charge in [-0.1, -0.05) is 55.2 Å². The summed E-state index contributed by atoms with van der Waals surface area (Å²) in [5.41, 5.74) is 6.76. The molecule has 244 valence electrons. The van der Waals surface area contributed by atoms with E-state index in [4.69, 9.17) is 45.5 Å². The average molecular weight is 700 g/mol. The van der Waals surface area contributed by atoms with Crippen molar-refractivity contribution < 1.29 is 14.0 Å². The van der Waals surface area contributed by atoms with Gasteiger partial charge in [-0.25, -0.2) is 18.7 Å². The average Bonchev–Trinajstić information content (AvgIpc) is 3.11. The Morgan fingerprint density at radius 3 is 2.51 bits per heavy atom. The number of piperazine rings is 1. The third-order valence-electron chi connectivity index (χ3n) is 8.71. The van der Waals surface area contributed by atoms with E-state index in [-0.39, 0.29) is 85.5 Å². The highest BCUT2D eigenvalue weighted by atomic mass is 35.5. The van der Waals surface area contributed by atoms with Gasteiger partial charge in [0, 0.05) is 25.8 Å². The molecule has 0 aliphatic carbocycles. The molecule has 11 nitrogen and oxygen atoms in total. The van der Waals surface area contributed by atoms with E-state index in [1.165, 1.54) is 27.5 Å². The van der Waals surface area contributed by atoms with Gasteiger partial charge in [-0.3, -0.25) is 14.6 Å². The second kappa shape index (κ2) is 11.8. The molecule has 1 fully saturated rings. The lowest BCUT2D eigenvalue weighted by molar-refractivity contribution is -0.130. The van der Waals surface area contributed by atoms with Crippen molar-refractivity contribution in [2.75, 3.05) is 35.7 Å². The molecule has 15 heteroatoms. The molecular formula is C32H30Cl3FN8O3. The maximum absolute atomic E-state index is 15.9. The van der Waals surface area contributed by atoms with Gasteiger partial charge in [0.1, 0.15) is 11.9 Å². The molecule has 0 bridgehead atoms. The number of carbonyl (C=O) groups excluding carboxylic acids is 2. The third kappa shape index (κ3) is 4.92. The molecular weight excluding hydrogens is 670 g/mol. The quantitative estimate of drug-likeness (QED) is 0.167. The zero-order chi connectivity index (χ0) is 34.2. The van der Waals surface area contributed by atoms with Gasteiger partial charge in [0.15, 0.2) is 11.5 Å². The topological polar surface area (TPSA) is 131 Å². The van der Waals surface area contributed by atoms with Crippen LogP contribution in [-0.4, -0.2) is 68.5 Å². The van der Waals surface area contributed by atoms with Gasteiger partial charge < -0.3 is 20.4 Å². The van der Waals surface area contributed by atoms with E-state index in [1.807, 2.05) is 27.7 Å². The highest BCUT2D eigenvalue weighted by Crippen LogP contribution is 2.48. The molecule has 2 atom stereocenters. The van der Waals surface area contributed by atoms with Crippen molar-refractivity contribution in [2.24, 2.45) is 0 Å². The van der Waals surface area contributed by atoms with Crippen molar-refractivity contribution >= 4 is 74.8 Å². The van der Waals surface area contributed by atoms with Crippen molar-refractivity contribution in [3.05, 3.63) is 73.6 Å². The zero-order valence-electron chi connectivity index (χ0n) is 26.1. The van der Waals surface area contributed by atoms with E-state index in [1.54, 1.807) is 17.2 Å². The molecule has 6 rings (SSSR count). The van der Waals surface area contributed by atoms with E-state index in [2.05, 4.69) is 16.5 Å². The normalized spacial score (nSPS) is 17.7. The Kier molecular flexibility index (Phi) is 8.18. The van der Waals surface area contributed by atoms with Crippen LogP contribution in [0.1, 0.15) is 37.9 Å². The van der Waals surface area contributed by atoms with Crippen molar-refractivity contribution in [2.45, 2.75) is 45.7 Å². The molecule has 4 aromatic rings. The second-order valence-electron chi connectivity index (χ2n) is 11.9. The van der Waals surface area contributed by atoms with Crippen LogP contribution in [0.5, 0.6) is 0 Å². The number of anilines is 3. The van der Waals surface area contributed by atoms with Gasteiger partial charge in [0.05, 0.1) is 61.0 Å². The summed E-state index contributed by atoms with van der Waals surface area (Å²) in [6.45, 7) is 11.2. The van der Waals surface area contributed by atoms with Crippen molar-refractivity contribution in [1.82, 2.24) is 24.4 Å². The summed E-state index contributed by atoms with van der Waals surface area (Å²) in [4.78, 5) is 59.9. The number of hydrogen-bond acceptors (Lipinski definition) is 8. The molecule has 2 aliphatic rings. The number of hydrogen-bond donors (Lipinski definition) is 1. The number of aryl methyl sites for hydroxylation is 1. The van der Waals surface area contributed by atoms with E-state index >= 15 is 4.39 Å². The van der Waals surface area contributed by atoms with E-state index < -0.39 is 23.5 Å². The minimum atomic E-state index is -0.952. The second-order valence-corrected chi connectivity index (χ2v) is 13.1. The Balaban J connectivity index is 1.81. The van der Waals surface area contributed by atoms with Gasteiger partial charge in [-0.15, -0.1) is 0 Å². The molecule has 0 spiro atoms. The Bertz CT molecular complexity index is 2080. The summed E-state index contributed by atoms with van der Waals surface area (Å²) in [6, 6.07) is 1.58. The van der Waals surface area contributed by atoms with Gasteiger partial charge in [0.2, 0.25) is 5.91 Å². The Morgan fingerprint density at radius 1 is 1.15 bits per heavy atom. The molecule has 2 aliphatic heterocycles. The minimum Gasteiger partial charge on any atom is -0.397 e. The first-order valence-electron chi connectivity index (χ1n) is 14.7. The van der Waals surface area contributed by atoms with Crippen LogP contribution in [0.4, 0.5) is 21.6 Å². The summed E-state index contributed by atoms with van der Waals surface area (Å²) in [5.74, 6) is -1.72. The largest absolute Gasteiger partial charge is 0.397 e. The number of pyridine rings is 2. The number of aromatic nitrogens is 4.